The monoisotopic (exact) mass is 351 g/mol. The van der Waals surface area contributed by atoms with Crippen LogP contribution in [-0.4, -0.2) is 56.1 Å². The van der Waals surface area contributed by atoms with E-state index in [1.807, 2.05) is 18.2 Å². The summed E-state index contributed by atoms with van der Waals surface area (Å²) in [6.45, 7) is 0.876. The van der Waals surface area contributed by atoms with Crippen molar-refractivity contribution >= 4 is 26.8 Å². The van der Waals surface area contributed by atoms with E-state index >= 15 is 0 Å². The Kier molecular flexibility index (Phi) is 4.51. The van der Waals surface area contributed by atoms with Crippen LogP contribution in [0, 0.1) is 0 Å². The maximum absolute atomic E-state index is 12.4. The van der Waals surface area contributed by atoms with Crippen LogP contribution >= 0.6 is 0 Å². The molecule has 0 atom stereocenters. The summed E-state index contributed by atoms with van der Waals surface area (Å²) in [5.74, 6) is 0.549. The van der Waals surface area contributed by atoms with Crippen molar-refractivity contribution in [2.24, 2.45) is 0 Å². The van der Waals surface area contributed by atoms with Crippen molar-refractivity contribution in [3.05, 3.63) is 30.0 Å². The van der Waals surface area contributed by atoms with Crippen molar-refractivity contribution in [3.63, 3.8) is 0 Å². The first-order chi connectivity index (χ1) is 11.4. The predicted octanol–water partition coefficient (Wildman–Crippen LogP) is 1.33. The number of sulfonamides is 1. The lowest BCUT2D eigenvalue weighted by Gasteiger charge is -2.30. The van der Waals surface area contributed by atoms with Crippen molar-refractivity contribution in [3.8, 4) is 5.75 Å². The molecular formula is C16H21N3O4S. The molecule has 8 heteroatoms. The summed E-state index contributed by atoms with van der Waals surface area (Å²) in [6.07, 6.45) is 2.45. The first-order valence-electron chi connectivity index (χ1n) is 7.79. The van der Waals surface area contributed by atoms with Crippen LogP contribution in [0.3, 0.4) is 0 Å². The molecular weight excluding hydrogens is 330 g/mol. The molecule has 24 heavy (non-hydrogen) atoms. The summed E-state index contributed by atoms with van der Waals surface area (Å²) >= 11 is 0. The molecule has 2 heterocycles. The molecule has 1 fully saturated rings. The fourth-order valence-electron chi connectivity index (χ4n) is 2.95. The number of carbonyl (C=O) groups is 1. The van der Waals surface area contributed by atoms with E-state index in [1.165, 1.54) is 10.6 Å². The zero-order valence-corrected chi connectivity index (χ0v) is 14.5. The maximum atomic E-state index is 12.4. The smallest absolute Gasteiger partial charge is 0.267 e. The quantitative estimate of drug-likeness (QED) is 0.869. The zero-order valence-electron chi connectivity index (χ0n) is 13.7. The topological polar surface area (TPSA) is 91.5 Å². The standard InChI is InChI=1S/C16H21N3O4S/c1-23-13-4-3-11-9-15(18-14(11)10-13)16(20)17-12-5-7-19(8-6-12)24(2,21)22/h3-4,9-10,12,18H,5-8H2,1-2H3,(H,17,20). The van der Waals surface area contributed by atoms with Crippen LogP contribution in [0.5, 0.6) is 5.75 Å². The summed E-state index contributed by atoms with van der Waals surface area (Å²) in [7, 11) is -1.55. The van der Waals surface area contributed by atoms with Gasteiger partial charge in [0.1, 0.15) is 11.4 Å². The lowest BCUT2D eigenvalue weighted by Crippen LogP contribution is -2.46. The first-order valence-corrected chi connectivity index (χ1v) is 9.64. The second-order valence-electron chi connectivity index (χ2n) is 6.05. The van der Waals surface area contributed by atoms with Crippen molar-refractivity contribution in [1.29, 1.82) is 0 Å². The Bertz CT molecular complexity index is 851. The Hall–Kier alpha value is -2.06. The van der Waals surface area contributed by atoms with Crippen LogP contribution in [0.4, 0.5) is 0 Å². The average molecular weight is 351 g/mol. The molecule has 1 amide bonds. The molecule has 2 aromatic rings. The van der Waals surface area contributed by atoms with E-state index in [4.69, 9.17) is 4.74 Å². The summed E-state index contributed by atoms with van der Waals surface area (Å²) in [6, 6.07) is 7.37. The normalized spacial score (nSPS) is 17.1. The minimum absolute atomic E-state index is 0.0172. The van der Waals surface area contributed by atoms with E-state index < -0.39 is 10.0 Å². The number of fused-ring (bicyclic) bond motifs is 1. The number of piperidine rings is 1. The van der Waals surface area contributed by atoms with Crippen molar-refractivity contribution in [1.82, 2.24) is 14.6 Å². The number of aromatic nitrogens is 1. The number of hydrogen-bond donors (Lipinski definition) is 2. The fourth-order valence-corrected chi connectivity index (χ4v) is 3.82. The number of hydrogen-bond acceptors (Lipinski definition) is 4. The van der Waals surface area contributed by atoms with Gasteiger partial charge in [0.25, 0.3) is 5.91 Å². The Morgan fingerprint density at radius 3 is 2.62 bits per heavy atom. The lowest BCUT2D eigenvalue weighted by molar-refractivity contribution is 0.0919. The number of amides is 1. The highest BCUT2D eigenvalue weighted by atomic mass is 32.2. The molecule has 1 aromatic heterocycles. The molecule has 0 bridgehead atoms. The van der Waals surface area contributed by atoms with Gasteiger partial charge in [0.15, 0.2) is 0 Å². The first kappa shape index (κ1) is 16.8. The number of H-pyrrole nitrogens is 1. The van der Waals surface area contributed by atoms with Gasteiger partial charge in [-0.3, -0.25) is 4.79 Å². The Morgan fingerprint density at radius 2 is 2.00 bits per heavy atom. The van der Waals surface area contributed by atoms with Crippen LogP contribution in [0.2, 0.25) is 0 Å². The van der Waals surface area contributed by atoms with Crippen LogP contribution in [0.1, 0.15) is 23.3 Å². The zero-order chi connectivity index (χ0) is 17.3. The highest BCUT2D eigenvalue weighted by Crippen LogP contribution is 2.21. The molecule has 130 valence electrons. The number of nitrogens with one attached hydrogen (secondary N) is 2. The number of benzene rings is 1. The van der Waals surface area contributed by atoms with Gasteiger partial charge in [0.05, 0.1) is 13.4 Å². The molecule has 2 N–H and O–H groups in total. The third kappa shape index (κ3) is 3.54. The number of aromatic amines is 1. The minimum atomic E-state index is -3.15. The van der Waals surface area contributed by atoms with E-state index in [9.17, 15) is 13.2 Å². The summed E-state index contributed by atoms with van der Waals surface area (Å²) in [5, 5.41) is 3.91. The second-order valence-corrected chi connectivity index (χ2v) is 8.03. The van der Waals surface area contributed by atoms with Crippen molar-refractivity contribution < 1.29 is 17.9 Å². The van der Waals surface area contributed by atoms with Crippen LogP contribution < -0.4 is 10.1 Å². The van der Waals surface area contributed by atoms with Gasteiger partial charge in [-0.2, -0.15) is 0 Å². The third-order valence-corrected chi connectivity index (χ3v) is 5.64. The van der Waals surface area contributed by atoms with Gasteiger partial charge in [-0.1, -0.05) is 0 Å². The fraction of sp³-hybridized carbons (Fsp3) is 0.438. The Labute approximate surface area is 141 Å². The maximum Gasteiger partial charge on any atom is 0.267 e. The molecule has 0 spiro atoms. The number of carbonyl (C=O) groups excluding carboxylic acids is 1. The van der Waals surface area contributed by atoms with Gasteiger partial charge in [-0.25, -0.2) is 12.7 Å². The van der Waals surface area contributed by atoms with Crippen molar-refractivity contribution in [2.75, 3.05) is 26.5 Å². The van der Waals surface area contributed by atoms with Gasteiger partial charge in [-0.05, 0) is 31.0 Å². The predicted molar refractivity (Wildman–Crippen MR) is 91.8 cm³/mol. The minimum Gasteiger partial charge on any atom is -0.497 e. The summed E-state index contributed by atoms with van der Waals surface area (Å²) in [5.41, 5.74) is 1.33. The van der Waals surface area contributed by atoms with Crippen LogP contribution in [0.25, 0.3) is 10.9 Å². The van der Waals surface area contributed by atoms with E-state index in [-0.39, 0.29) is 11.9 Å². The second kappa shape index (κ2) is 6.45. The molecule has 1 aromatic carbocycles. The molecule has 7 nitrogen and oxygen atoms in total. The van der Waals surface area contributed by atoms with Gasteiger partial charge < -0.3 is 15.0 Å². The highest BCUT2D eigenvalue weighted by molar-refractivity contribution is 7.88. The van der Waals surface area contributed by atoms with Crippen LogP contribution in [0.15, 0.2) is 24.3 Å². The SMILES string of the molecule is COc1ccc2cc(C(=O)NC3CCN(S(C)(=O)=O)CC3)[nH]c2c1. The summed E-state index contributed by atoms with van der Waals surface area (Å²) < 4.78 is 29.6. The van der Waals surface area contributed by atoms with E-state index in [2.05, 4.69) is 10.3 Å². The lowest BCUT2D eigenvalue weighted by atomic mass is 10.1. The highest BCUT2D eigenvalue weighted by Gasteiger charge is 2.26. The molecule has 1 aliphatic rings. The van der Waals surface area contributed by atoms with E-state index in [1.54, 1.807) is 13.2 Å². The van der Waals surface area contributed by atoms with Gasteiger partial charge in [0, 0.05) is 36.1 Å². The molecule has 0 unspecified atom stereocenters. The van der Waals surface area contributed by atoms with E-state index in [0.29, 0.717) is 31.6 Å². The molecule has 1 saturated heterocycles. The Morgan fingerprint density at radius 1 is 1.29 bits per heavy atom. The van der Waals surface area contributed by atoms with Gasteiger partial charge in [0.2, 0.25) is 10.0 Å². The molecule has 1 aliphatic heterocycles. The largest absolute Gasteiger partial charge is 0.497 e. The molecule has 0 saturated carbocycles. The molecule has 3 rings (SSSR count). The van der Waals surface area contributed by atoms with Gasteiger partial charge >= 0.3 is 0 Å². The Balaban J connectivity index is 1.65. The number of methoxy groups -OCH3 is 1. The van der Waals surface area contributed by atoms with Crippen molar-refractivity contribution in [2.45, 2.75) is 18.9 Å². The number of nitrogens with zero attached hydrogens (tertiary/aromatic N) is 1. The van der Waals surface area contributed by atoms with Gasteiger partial charge in [-0.15, -0.1) is 0 Å². The van der Waals surface area contributed by atoms with E-state index in [0.717, 1.165) is 16.7 Å². The number of ether oxygens (including phenoxy) is 1. The average Bonchev–Trinajstić information content (AvgIpc) is 2.97. The molecule has 0 radical (unpaired) electrons. The molecule has 0 aliphatic carbocycles. The third-order valence-electron chi connectivity index (χ3n) is 4.33. The summed E-state index contributed by atoms with van der Waals surface area (Å²) in [4.78, 5) is 15.5. The van der Waals surface area contributed by atoms with Crippen LogP contribution in [-0.2, 0) is 10.0 Å². The number of rotatable bonds is 4.